The van der Waals surface area contributed by atoms with Gasteiger partial charge in [0.2, 0.25) is 0 Å². The Morgan fingerprint density at radius 2 is 1.40 bits per heavy atom. The second-order valence-electron chi connectivity index (χ2n) is 5.85. The quantitative estimate of drug-likeness (QED) is 0.719. The lowest BCUT2D eigenvalue weighted by atomic mass is 10.2. The molecular formula is C19H19N3O2S. The Morgan fingerprint density at radius 3 is 2.08 bits per heavy atom. The SMILES string of the molecule is Cc1cccc(Nc2ccnc(S(=O)(=O)Nc3cccc(C)c3)c2)c1. The maximum atomic E-state index is 12.6. The van der Waals surface area contributed by atoms with Crippen LogP contribution in [-0.4, -0.2) is 13.4 Å². The molecule has 3 rings (SSSR count). The summed E-state index contributed by atoms with van der Waals surface area (Å²) in [6, 6.07) is 18.3. The molecule has 0 saturated carbocycles. The van der Waals surface area contributed by atoms with Crippen molar-refractivity contribution in [3.05, 3.63) is 78.0 Å². The minimum Gasteiger partial charge on any atom is -0.355 e. The van der Waals surface area contributed by atoms with E-state index in [0.717, 1.165) is 16.8 Å². The molecule has 0 atom stereocenters. The zero-order chi connectivity index (χ0) is 17.9. The first-order chi connectivity index (χ1) is 11.9. The fourth-order valence-corrected chi connectivity index (χ4v) is 3.46. The van der Waals surface area contributed by atoms with Gasteiger partial charge in [-0.1, -0.05) is 24.3 Å². The number of hydrogen-bond acceptors (Lipinski definition) is 4. The second-order valence-corrected chi connectivity index (χ2v) is 7.48. The first-order valence-electron chi connectivity index (χ1n) is 7.82. The summed E-state index contributed by atoms with van der Waals surface area (Å²) in [6.07, 6.45) is 1.48. The van der Waals surface area contributed by atoms with Crippen molar-refractivity contribution in [1.29, 1.82) is 0 Å². The number of nitrogens with zero attached hydrogens (tertiary/aromatic N) is 1. The third-order valence-corrected chi connectivity index (χ3v) is 4.87. The van der Waals surface area contributed by atoms with E-state index in [1.165, 1.54) is 12.3 Å². The number of aryl methyl sites for hydroxylation is 2. The van der Waals surface area contributed by atoms with Crippen molar-refractivity contribution >= 4 is 27.1 Å². The third-order valence-electron chi connectivity index (χ3n) is 3.59. The van der Waals surface area contributed by atoms with E-state index in [2.05, 4.69) is 15.0 Å². The molecule has 2 N–H and O–H groups in total. The molecule has 6 heteroatoms. The van der Waals surface area contributed by atoms with Crippen molar-refractivity contribution < 1.29 is 8.42 Å². The van der Waals surface area contributed by atoms with Crippen molar-refractivity contribution in [2.24, 2.45) is 0 Å². The summed E-state index contributed by atoms with van der Waals surface area (Å²) in [5.74, 6) is 0. The Morgan fingerprint density at radius 1 is 0.800 bits per heavy atom. The van der Waals surface area contributed by atoms with Crippen molar-refractivity contribution in [1.82, 2.24) is 4.98 Å². The number of nitrogens with one attached hydrogen (secondary N) is 2. The zero-order valence-corrected chi connectivity index (χ0v) is 14.8. The number of benzene rings is 2. The van der Waals surface area contributed by atoms with Crippen molar-refractivity contribution in [2.75, 3.05) is 10.0 Å². The van der Waals surface area contributed by atoms with Gasteiger partial charge in [-0.25, -0.2) is 4.98 Å². The van der Waals surface area contributed by atoms with E-state index in [-0.39, 0.29) is 5.03 Å². The van der Waals surface area contributed by atoms with Crippen LogP contribution in [0.1, 0.15) is 11.1 Å². The predicted octanol–water partition coefficient (Wildman–Crippen LogP) is 4.24. The van der Waals surface area contributed by atoms with Crippen molar-refractivity contribution in [3.63, 3.8) is 0 Å². The molecule has 0 bridgehead atoms. The van der Waals surface area contributed by atoms with Crippen LogP contribution >= 0.6 is 0 Å². The number of hydrogen-bond donors (Lipinski definition) is 2. The van der Waals surface area contributed by atoms with Crippen LogP contribution in [0.3, 0.4) is 0 Å². The van der Waals surface area contributed by atoms with Gasteiger partial charge in [-0.2, -0.15) is 8.42 Å². The highest BCUT2D eigenvalue weighted by atomic mass is 32.2. The highest BCUT2D eigenvalue weighted by Gasteiger charge is 2.16. The van der Waals surface area contributed by atoms with E-state index in [4.69, 9.17) is 0 Å². The molecule has 1 aromatic heterocycles. The lowest BCUT2D eigenvalue weighted by molar-refractivity contribution is 0.597. The van der Waals surface area contributed by atoms with E-state index in [1.807, 2.05) is 44.2 Å². The van der Waals surface area contributed by atoms with Crippen LogP contribution < -0.4 is 10.0 Å². The Bertz CT molecular complexity index is 1000. The van der Waals surface area contributed by atoms with Crippen LogP contribution in [0, 0.1) is 13.8 Å². The molecule has 0 aliphatic rings. The zero-order valence-electron chi connectivity index (χ0n) is 14.0. The smallest absolute Gasteiger partial charge is 0.279 e. The third kappa shape index (κ3) is 4.36. The van der Waals surface area contributed by atoms with Gasteiger partial charge in [-0.15, -0.1) is 0 Å². The molecule has 5 nitrogen and oxygen atoms in total. The van der Waals surface area contributed by atoms with Crippen LogP contribution in [0.2, 0.25) is 0 Å². The van der Waals surface area contributed by atoms with Gasteiger partial charge in [0.15, 0.2) is 5.03 Å². The topological polar surface area (TPSA) is 71.1 Å². The second kappa shape index (κ2) is 6.94. The molecule has 3 aromatic rings. The van der Waals surface area contributed by atoms with Gasteiger partial charge in [0.05, 0.1) is 0 Å². The summed E-state index contributed by atoms with van der Waals surface area (Å²) in [7, 11) is -3.75. The summed E-state index contributed by atoms with van der Waals surface area (Å²) in [6.45, 7) is 3.90. The monoisotopic (exact) mass is 353 g/mol. The Kier molecular flexibility index (Phi) is 4.72. The van der Waals surface area contributed by atoms with Gasteiger partial charge >= 0.3 is 0 Å². The molecule has 0 spiro atoms. The number of pyridine rings is 1. The normalized spacial score (nSPS) is 11.1. The van der Waals surface area contributed by atoms with E-state index in [1.54, 1.807) is 24.3 Å². The minimum atomic E-state index is -3.75. The summed E-state index contributed by atoms with van der Waals surface area (Å²) < 4.78 is 27.7. The average Bonchev–Trinajstić information content (AvgIpc) is 2.55. The highest BCUT2D eigenvalue weighted by Crippen LogP contribution is 2.21. The fraction of sp³-hybridized carbons (Fsp3) is 0.105. The number of sulfonamides is 1. The van der Waals surface area contributed by atoms with Gasteiger partial charge < -0.3 is 5.32 Å². The van der Waals surface area contributed by atoms with E-state index in [0.29, 0.717) is 11.4 Å². The highest BCUT2D eigenvalue weighted by molar-refractivity contribution is 7.92. The lowest BCUT2D eigenvalue weighted by Crippen LogP contribution is -2.14. The average molecular weight is 353 g/mol. The predicted molar refractivity (Wildman–Crippen MR) is 101 cm³/mol. The van der Waals surface area contributed by atoms with Gasteiger partial charge in [0.25, 0.3) is 10.0 Å². The first kappa shape index (κ1) is 17.0. The number of rotatable bonds is 5. The van der Waals surface area contributed by atoms with E-state index in [9.17, 15) is 8.42 Å². The standard InChI is InChI=1S/C19H19N3O2S/c1-14-5-3-7-16(11-14)21-17-9-10-20-19(13-17)25(23,24)22-18-8-4-6-15(2)12-18/h3-13,22H,1-2H3,(H,20,21). The molecule has 25 heavy (non-hydrogen) atoms. The first-order valence-corrected chi connectivity index (χ1v) is 9.30. The maximum absolute atomic E-state index is 12.6. The van der Waals surface area contributed by atoms with Crippen LogP contribution in [-0.2, 0) is 10.0 Å². The molecule has 2 aromatic carbocycles. The molecule has 0 aliphatic carbocycles. The summed E-state index contributed by atoms with van der Waals surface area (Å²) in [4.78, 5) is 4.00. The maximum Gasteiger partial charge on any atom is 0.279 e. The summed E-state index contributed by atoms with van der Waals surface area (Å²) in [5.41, 5.74) is 4.15. The molecule has 0 saturated heterocycles. The Balaban J connectivity index is 1.85. The van der Waals surface area contributed by atoms with Crippen LogP contribution in [0.5, 0.6) is 0 Å². The van der Waals surface area contributed by atoms with Crippen molar-refractivity contribution in [3.8, 4) is 0 Å². The molecule has 0 unspecified atom stereocenters. The number of anilines is 3. The molecule has 0 aliphatic heterocycles. The van der Waals surface area contributed by atoms with Gasteiger partial charge in [-0.3, -0.25) is 4.72 Å². The minimum absolute atomic E-state index is 0.0355. The molecular weight excluding hydrogens is 334 g/mol. The summed E-state index contributed by atoms with van der Waals surface area (Å²) in [5, 5.41) is 3.16. The molecule has 0 amide bonds. The largest absolute Gasteiger partial charge is 0.355 e. The number of aromatic nitrogens is 1. The lowest BCUT2D eigenvalue weighted by Gasteiger charge is -2.11. The van der Waals surface area contributed by atoms with Crippen LogP contribution in [0.4, 0.5) is 17.1 Å². The Hall–Kier alpha value is -2.86. The van der Waals surface area contributed by atoms with Gasteiger partial charge in [0, 0.05) is 29.3 Å². The summed E-state index contributed by atoms with van der Waals surface area (Å²) >= 11 is 0. The van der Waals surface area contributed by atoms with Crippen LogP contribution in [0.25, 0.3) is 0 Å². The molecule has 1 heterocycles. The van der Waals surface area contributed by atoms with Gasteiger partial charge in [0.1, 0.15) is 0 Å². The van der Waals surface area contributed by atoms with Gasteiger partial charge in [-0.05, 0) is 55.3 Å². The molecule has 128 valence electrons. The fourth-order valence-electron chi connectivity index (χ4n) is 2.44. The molecule has 0 radical (unpaired) electrons. The van der Waals surface area contributed by atoms with E-state index >= 15 is 0 Å². The Labute approximate surface area is 147 Å². The van der Waals surface area contributed by atoms with Crippen molar-refractivity contribution in [2.45, 2.75) is 18.9 Å². The van der Waals surface area contributed by atoms with Crippen LogP contribution in [0.15, 0.2) is 71.9 Å². The molecule has 0 fully saturated rings. The van der Waals surface area contributed by atoms with E-state index < -0.39 is 10.0 Å².